The second-order valence-corrected chi connectivity index (χ2v) is 12.3. The van der Waals surface area contributed by atoms with Crippen molar-refractivity contribution in [3.05, 3.63) is 71.9 Å². The molecule has 0 saturated carbocycles. The van der Waals surface area contributed by atoms with Gasteiger partial charge in [-0.2, -0.15) is 23.1 Å². The van der Waals surface area contributed by atoms with E-state index in [9.17, 15) is 23.4 Å². The smallest absolute Gasteiger partial charge is 0.475 e. The molecule has 2 saturated heterocycles. The summed E-state index contributed by atoms with van der Waals surface area (Å²) >= 11 is 0. The highest BCUT2D eigenvalue weighted by atomic mass is 19.4. The number of imidazole rings is 1. The minimum atomic E-state index is -5.08. The number of aromatic nitrogens is 5. The number of likely N-dealkylation sites (N-methyl/N-ethyl adjacent to an activating group) is 1. The molecule has 5 atom stereocenters. The molecule has 0 amide bonds. The molecule has 7 rings (SSSR count). The molecule has 5 heterocycles. The molecule has 0 radical (unpaired) electrons. The summed E-state index contributed by atoms with van der Waals surface area (Å²) in [5, 5.41) is 39.1. The molecule has 2 aliphatic heterocycles. The SMILES string of the molecule is CCc1cc([C@H]2O[C@@H](n3cnc4c(NCc5cccc6ccccc56)nc(N5CC[C@@H](N(C)C)C5)nc43)[C@H](O)[C@@H]2O)on1.O=C(O)C(F)(F)F. The molecule has 0 bridgehead atoms. The van der Waals surface area contributed by atoms with E-state index in [0.717, 1.165) is 30.8 Å². The second kappa shape index (κ2) is 14.2. The van der Waals surface area contributed by atoms with Gasteiger partial charge >= 0.3 is 12.1 Å². The van der Waals surface area contributed by atoms with Crippen molar-refractivity contribution >= 4 is 39.7 Å². The van der Waals surface area contributed by atoms with Crippen molar-refractivity contribution in [3.63, 3.8) is 0 Å². The van der Waals surface area contributed by atoms with Crippen LogP contribution in [0.5, 0.6) is 0 Å². The quantitative estimate of drug-likeness (QED) is 0.184. The summed E-state index contributed by atoms with van der Waals surface area (Å²) in [7, 11) is 4.17. The van der Waals surface area contributed by atoms with Gasteiger partial charge in [-0.1, -0.05) is 54.5 Å². The maximum Gasteiger partial charge on any atom is 0.490 e. The number of carboxylic acids is 1. The Morgan fingerprint density at radius 2 is 1.84 bits per heavy atom. The minimum absolute atomic E-state index is 0.370. The molecule has 2 aliphatic rings. The number of hydrogen-bond donors (Lipinski definition) is 4. The van der Waals surface area contributed by atoms with Crippen LogP contribution in [0.2, 0.25) is 0 Å². The Morgan fingerprint density at radius 3 is 2.52 bits per heavy atom. The molecule has 17 heteroatoms. The first-order valence-corrected chi connectivity index (χ1v) is 16.0. The van der Waals surface area contributed by atoms with E-state index < -0.39 is 36.7 Å². The van der Waals surface area contributed by atoms with Gasteiger partial charge in [-0.15, -0.1) is 0 Å². The van der Waals surface area contributed by atoms with Gasteiger partial charge in [0.25, 0.3) is 0 Å². The van der Waals surface area contributed by atoms with Crippen LogP contribution in [0.15, 0.2) is 59.4 Å². The fraction of sp³-hybridized carbons (Fsp3) is 0.424. The standard InChI is InChI=1S/C31H36N8O4.C2HF3O2/c1-4-20-14-23(43-36-20)27-25(40)26(41)30(42-27)39-17-33-24-28(32-15-19-10-7-9-18-8-5-6-11-22(18)19)34-31(35-29(24)39)38-13-12-21(16-38)37(2)3;3-2(4,5)1(6)7/h5-11,14,17,21,25-27,30,40-41H,4,12-13,15-16H2,1-3H3,(H,32,34,35);(H,6,7)/t21-,25+,26-,27-,30-;/m1./s1. The van der Waals surface area contributed by atoms with E-state index in [4.69, 9.17) is 29.1 Å². The zero-order chi connectivity index (χ0) is 35.7. The van der Waals surface area contributed by atoms with E-state index in [1.807, 2.05) is 19.1 Å². The largest absolute Gasteiger partial charge is 0.490 e. The molecule has 266 valence electrons. The van der Waals surface area contributed by atoms with Gasteiger partial charge in [0, 0.05) is 31.7 Å². The molecule has 3 aromatic heterocycles. The van der Waals surface area contributed by atoms with Gasteiger partial charge in [0.2, 0.25) is 5.95 Å². The zero-order valence-corrected chi connectivity index (χ0v) is 27.4. The number of fused-ring (bicyclic) bond motifs is 2. The van der Waals surface area contributed by atoms with Crippen LogP contribution in [0, 0.1) is 0 Å². The van der Waals surface area contributed by atoms with Crippen LogP contribution in [-0.2, 0) is 22.5 Å². The lowest BCUT2D eigenvalue weighted by molar-refractivity contribution is -0.192. The number of aliphatic carboxylic acids is 1. The van der Waals surface area contributed by atoms with E-state index in [1.54, 1.807) is 17.0 Å². The summed E-state index contributed by atoms with van der Waals surface area (Å²) in [5.41, 5.74) is 2.94. The van der Waals surface area contributed by atoms with E-state index in [0.29, 0.717) is 47.7 Å². The minimum Gasteiger partial charge on any atom is -0.475 e. The number of nitrogens with zero attached hydrogens (tertiary/aromatic N) is 7. The fourth-order valence-electron chi connectivity index (χ4n) is 6.08. The lowest BCUT2D eigenvalue weighted by Crippen LogP contribution is -2.32. The Bertz CT molecular complexity index is 1960. The Hall–Kier alpha value is -4.84. The lowest BCUT2D eigenvalue weighted by Gasteiger charge is -2.22. The number of anilines is 2. The van der Waals surface area contributed by atoms with Gasteiger partial charge in [-0.05, 0) is 43.3 Å². The number of nitrogens with one attached hydrogen (secondary N) is 1. The van der Waals surface area contributed by atoms with Crippen LogP contribution in [0.25, 0.3) is 21.9 Å². The molecule has 50 heavy (non-hydrogen) atoms. The number of aliphatic hydroxyl groups excluding tert-OH is 2. The lowest BCUT2D eigenvalue weighted by atomic mass is 10.0. The highest BCUT2D eigenvalue weighted by molar-refractivity contribution is 5.87. The average molecular weight is 699 g/mol. The van der Waals surface area contributed by atoms with Gasteiger partial charge in [-0.25, -0.2) is 9.78 Å². The Balaban J connectivity index is 0.000000561. The summed E-state index contributed by atoms with van der Waals surface area (Å²) in [6.45, 7) is 4.12. The van der Waals surface area contributed by atoms with E-state index in [1.165, 1.54) is 10.8 Å². The molecule has 0 aliphatic carbocycles. The molecular formula is C33H37F3N8O6. The molecule has 5 aromatic rings. The van der Waals surface area contributed by atoms with Gasteiger partial charge in [0.05, 0.1) is 12.0 Å². The number of alkyl halides is 3. The molecule has 4 N–H and O–H groups in total. The normalized spacial score (nSPS) is 22.3. The second-order valence-electron chi connectivity index (χ2n) is 12.3. The van der Waals surface area contributed by atoms with Crippen molar-refractivity contribution < 1.29 is 42.5 Å². The summed E-state index contributed by atoms with van der Waals surface area (Å²) in [5.74, 6) is -1.22. The third-order valence-electron chi connectivity index (χ3n) is 8.89. The molecule has 2 fully saturated rings. The van der Waals surface area contributed by atoms with Gasteiger partial charge in [0.1, 0.15) is 18.3 Å². The molecular weight excluding hydrogens is 661 g/mol. The highest BCUT2D eigenvalue weighted by Gasteiger charge is 2.47. The number of carboxylic acid groups (broad SMARTS) is 1. The average Bonchev–Trinajstić information content (AvgIpc) is 3.90. The van der Waals surface area contributed by atoms with Crippen molar-refractivity contribution in [3.8, 4) is 0 Å². The van der Waals surface area contributed by atoms with Crippen molar-refractivity contribution in [2.24, 2.45) is 0 Å². The van der Waals surface area contributed by atoms with Crippen molar-refractivity contribution in [1.82, 2.24) is 29.6 Å². The Morgan fingerprint density at radius 1 is 1.10 bits per heavy atom. The number of carbonyl (C=O) groups is 1. The van der Waals surface area contributed by atoms with Gasteiger partial charge in [0.15, 0.2) is 29.0 Å². The molecule has 14 nitrogen and oxygen atoms in total. The van der Waals surface area contributed by atoms with E-state index in [-0.39, 0.29) is 0 Å². The zero-order valence-electron chi connectivity index (χ0n) is 27.4. The number of aryl methyl sites for hydroxylation is 1. The maximum atomic E-state index is 11.1. The van der Waals surface area contributed by atoms with E-state index >= 15 is 0 Å². The monoisotopic (exact) mass is 698 g/mol. The van der Waals surface area contributed by atoms with Crippen LogP contribution in [0.1, 0.15) is 42.7 Å². The topological polar surface area (TPSA) is 175 Å². The molecule has 0 unspecified atom stereocenters. The first-order valence-electron chi connectivity index (χ1n) is 16.0. The highest BCUT2D eigenvalue weighted by Crippen LogP contribution is 2.40. The van der Waals surface area contributed by atoms with Gasteiger partial charge in [-0.3, -0.25) is 4.57 Å². The maximum absolute atomic E-state index is 11.1. The fourth-order valence-corrected chi connectivity index (χ4v) is 6.08. The van der Waals surface area contributed by atoms with Crippen molar-refractivity contribution in [2.45, 2.75) is 63.1 Å². The first kappa shape index (κ1) is 35.0. The van der Waals surface area contributed by atoms with Crippen LogP contribution in [-0.4, -0.2) is 102 Å². The number of ether oxygens (including phenoxy) is 1. The predicted octanol–water partition coefficient (Wildman–Crippen LogP) is 3.91. The van der Waals surface area contributed by atoms with Crippen molar-refractivity contribution in [1.29, 1.82) is 0 Å². The number of hydrogen-bond acceptors (Lipinski definition) is 12. The summed E-state index contributed by atoms with van der Waals surface area (Å²) in [6.07, 6.45) is -6.10. The summed E-state index contributed by atoms with van der Waals surface area (Å²) in [4.78, 5) is 27.9. The predicted molar refractivity (Wildman–Crippen MR) is 175 cm³/mol. The number of halogens is 3. The molecule has 0 spiro atoms. The summed E-state index contributed by atoms with van der Waals surface area (Å²) in [6, 6.07) is 16.7. The third kappa shape index (κ3) is 7.07. The Labute approximate surface area is 284 Å². The summed E-state index contributed by atoms with van der Waals surface area (Å²) < 4.78 is 45.0. The van der Waals surface area contributed by atoms with Crippen LogP contribution >= 0.6 is 0 Å². The van der Waals surface area contributed by atoms with Crippen LogP contribution < -0.4 is 10.2 Å². The first-order chi connectivity index (χ1) is 23.8. The van der Waals surface area contributed by atoms with Gasteiger partial charge < -0.3 is 39.7 Å². The van der Waals surface area contributed by atoms with E-state index in [2.05, 4.69) is 69.7 Å². The van der Waals surface area contributed by atoms with Crippen LogP contribution in [0.3, 0.4) is 0 Å². The number of benzene rings is 2. The number of aliphatic hydroxyl groups is 2. The molecule has 2 aromatic carbocycles. The third-order valence-corrected chi connectivity index (χ3v) is 8.89. The Kier molecular flexibility index (Phi) is 9.93. The number of rotatable bonds is 8. The van der Waals surface area contributed by atoms with Crippen LogP contribution in [0.4, 0.5) is 24.9 Å². The van der Waals surface area contributed by atoms with Crippen molar-refractivity contribution in [2.75, 3.05) is 37.4 Å².